The van der Waals surface area contributed by atoms with Crippen LogP contribution in [0.5, 0.6) is 0 Å². The Bertz CT molecular complexity index is 504. The molecule has 7 heteroatoms. The van der Waals surface area contributed by atoms with E-state index >= 15 is 0 Å². The van der Waals surface area contributed by atoms with Crippen molar-refractivity contribution in [3.05, 3.63) is 29.3 Å². The molecular weight excluding hydrogens is 276 g/mol. The van der Waals surface area contributed by atoms with Crippen LogP contribution >= 0.6 is 11.6 Å². The quantitative estimate of drug-likeness (QED) is 0.889. The average Bonchev–Trinajstić information content (AvgIpc) is 2.39. The minimum Gasteiger partial charge on any atom is -0.374 e. The third-order valence-corrected chi connectivity index (χ3v) is 4.95. The summed E-state index contributed by atoms with van der Waals surface area (Å²) in [6, 6.07) is 6.14. The molecule has 18 heavy (non-hydrogen) atoms. The van der Waals surface area contributed by atoms with Gasteiger partial charge in [-0.2, -0.15) is 4.31 Å². The van der Waals surface area contributed by atoms with Gasteiger partial charge in [0.05, 0.1) is 17.6 Å². The first-order valence-corrected chi connectivity index (χ1v) is 7.43. The topological polar surface area (TPSA) is 72.6 Å². The van der Waals surface area contributed by atoms with Gasteiger partial charge in [-0.05, 0) is 24.3 Å². The maximum Gasteiger partial charge on any atom is 0.243 e. The molecule has 1 fully saturated rings. The zero-order chi connectivity index (χ0) is 13.2. The lowest BCUT2D eigenvalue weighted by molar-refractivity contribution is 0.00450. The highest BCUT2D eigenvalue weighted by molar-refractivity contribution is 7.89. The largest absolute Gasteiger partial charge is 0.374 e. The smallest absolute Gasteiger partial charge is 0.243 e. The van der Waals surface area contributed by atoms with Gasteiger partial charge in [0.1, 0.15) is 0 Å². The zero-order valence-electron chi connectivity index (χ0n) is 9.75. The number of halogens is 1. The third kappa shape index (κ3) is 2.84. The van der Waals surface area contributed by atoms with Crippen molar-refractivity contribution in [3.8, 4) is 0 Å². The van der Waals surface area contributed by atoms with Crippen LogP contribution in [0.1, 0.15) is 0 Å². The molecule has 0 aliphatic carbocycles. The average molecular weight is 291 g/mol. The SMILES string of the molecule is NC[C@H]1CN(S(=O)(=O)c2ccc(Cl)cc2)CCO1. The zero-order valence-corrected chi connectivity index (χ0v) is 11.3. The molecule has 0 unspecified atom stereocenters. The van der Waals surface area contributed by atoms with Crippen molar-refractivity contribution in [1.29, 1.82) is 0 Å². The fraction of sp³-hybridized carbons (Fsp3) is 0.455. The van der Waals surface area contributed by atoms with Crippen LogP contribution in [0.25, 0.3) is 0 Å². The fourth-order valence-electron chi connectivity index (χ4n) is 1.81. The summed E-state index contributed by atoms with van der Waals surface area (Å²) in [5.74, 6) is 0. The number of hydrogen-bond donors (Lipinski definition) is 1. The monoisotopic (exact) mass is 290 g/mol. The highest BCUT2D eigenvalue weighted by Crippen LogP contribution is 2.20. The molecule has 5 nitrogen and oxygen atoms in total. The molecule has 1 aromatic rings. The fourth-order valence-corrected chi connectivity index (χ4v) is 3.39. The Balaban J connectivity index is 2.22. The van der Waals surface area contributed by atoms with Crippen LogP contribution in [-0.4, -0.2) is 45.1 Å². The highest BCUT2D eigenvalue weighted by Gasteiger charge is 2.30. The molecule has 1 saturated heterocycles. The molecule has 0 spiro atoms. The van der Waals surface area contributed by atoms with E-state index in [9.17, 15) is 8.42 Å². The van der Waals surface area contributed by atoms with E-state index in [-0.39, 0.29) is 11.0 Å². The van der Waals surface area contributed by atoms with Crippen LogP contribution in [0.4, 0.5) is 0 Å². The Morgan fingerprint density at radius 1 is 1.39 bits per heavy atom. The number of morpholine rings is 1. The lowest BCUT2D eigenvalue weighted by Gasteiger charge is -2.31. The molecule has 1 heterocycles. The molecule has 0 aromatic heterocycles. The van der Waals surface area contributed by atoms with E-state index < -0.39 is 10.0 Å². The predicted octanol–water partition coefficient (Wildman–Crippen LogP) is 0.688. The number of hydrogen-bond acceptors (Lipinski definition) is 4. The Morgan fingerprint density at radius 2 is 2.06 bits per heavy atom. The first-order chi connectivity index (χ1) is 8.54. The molecule has 0 radical (unpaired) electrons. The second-order valence-corrected chi connectivity index (χ2v) is 6.42. The Hall–Kier alpha value is -0.660. The van der Waals surface area contributed by atoms with Crippen LogP contribution in [0.15, 0.2) is 29.2 Å². The highest BCUT2D eigenvalue weighted by atomic mass is 35.5. The maximum atomic E-state index is 12.3. The number of benzene rings is 1. The summed E-state index contributed by atoms with van der Waals surface area (Å²) in [5, 5.41) is 0.510. The molecular formula is C11H15ClN2O3S. The summed E-state index contributed by atoms with van der Waals surface area (Å²) < 4.78 is 31.4. The summed E-state index contributed by atoms with van der Waals surface area (Å²) >= 11 is 5.75. The molecule has 0 amide bonds. The predicted molar refractivity (Wildman–Crippen MR) is 69.0 cm³/mol. The summed E-state index contributed by atoms with van der Waals surface area (Å²) in [7, 11) is -3.48. The Morgan fingerprint density at radius 3 is 2.67 bits per heavy atom. The van der Waals surface area contributed by atoms with Crippen molar-refractivity contribution in [3.63, 3.8) is 0 Å². The van der Waals surface area contributed by atoms with Crippen LogP contribution in [0.3, 0.4) is 0 Å². The first-order valence-electron chi connectivity index (χ1n) is 5.61. The number of sulfonamides is 1. The minimum atomic E-state index is -3.48. The van der Waals surface area contributed by atoms with Gasteiger partial charge in [-0.15, -0.1) is 0 Å². The first kappa shape index (κ1) is 13.8. The molecule has 2 N–H and O–H groups in total. The van der Waals surface area contributed by atoms with Crippen molar-refractivity contribution in [2.45, 2.75) is 11.0 Å². The van der Waals surface area contributed by atoms with Crippen LogP contribution in [0.2, 0.25) is 5.02 Å². The van der Waals surface area contributed by atoms with Crippen molar-refractivity contribution < 1.29 is 13.2 Å². The number of nitrogens with zero attached hydrogens (tertiary/aromatic N) is 1. The van der Waals surface area contributed by atoms with E-state index in [0.29, 0.717) is 31.3 Å². The Labute approximate surface area is 112 Å². The van der Waals surface area contributed by atoms with Crippen LogP contribution in [-0.2, 0) is 14.8 Å². The molecule has 1 atom stereocenters. The van der Waals surface area contributed by atoms with Gasteiger partial charge in [-0.25, -0.2) is 8.42 Å². The molecule has 1 aliphatic rings. The van der Waals surface area contributed by atoms with Gasteiger partial charge in [0.25, 0.3) is 0 Å². The van der Waals surface area contributed by atoms with Crippen LogP contribution in [0, 0.1) is 0 Å². The number of ether oxygens (including phenoxy) is 1. The summed E-state index contributed by atoms with van der Waals surface area (Å²) in [4.78, 5) is 0.240. The maximum absolute atomic E-state index is 12.3. The van der Waals surface area contributed by atoms with E-state index in [0.717, 1.165) is 0 Å². The molecule has 1 aromatic carbocycles. The molecule has 100 valence electrons. The minimum absolute atomic E-state index is 0.235. The van der Waals surface area contributed by atoms with Crippen molar-refractivity contribution >= 4 is 21.6 Å². The summed E-state index contributed by atoms with van der Waals surface area (Å²) in [6.45, 7) is 1.32. The lowest BCUT2D eigenvalue weighted by atomic mass is 10.3. The standard InChI is InChI=1S/C11H15ClN2O3S/c12-9-1-3-11(4-2-9)18(15,16)14-5-6-17-10(7-13)8-14/h1-4,10H,5-8,13H2/t10-/m0/s1. The van der Waals surface area contributed by atoms with Gasteiger partial charge in [-0.3, -0.25) is 0 Å². The van der Waals surface area contributed by atoms with Crippen molar-refractivity contribution in [2.75, 3.05) is 26.2 Å². The lowest BCUT2D eigenvalue weighted by Crippen LogP contribution is -2.48. The van der Waals surface area contributed by atoms with Gasteiger partial charge in [0.15, 0.2) is 0 Å². The van der Waals surface area contributed by atoms with Gasteiger partial charge in [-0.1, -0.05) is 11.6 Å². The second kappa shape index (κ2) is 5.54. The van der Waals surface area contributed by atoms with E-state index in [4.69, 9.17) is 22.1 Å². The van der Waals surface area contributed by atoms with Crippen LogP contribution < -0.4 is 5.73 Å². The summed E-state index contributed by atoms with van der Waals surface area (Å²) in [5.41, 5.74) is 5.50. The van der Waals surface area contributed by atoms with E-state index in [1.807, 2.05) is 0 Å². The van der Waals surface area contributed by atoms with Crippen molar-refractivity contribution in [1.82, 2.24) is 4.31 Å². The normalized spacial score (nSPS) is 22.0. The summed E-state index contributed by atoms with van der Waals surface area (Å²) in [6.07, 6.45) is -0.235. The van der Waals surface area contributed by atoms with Gasteiger partial charge in [0, 0.05) is 24.7 Å². The molecule has 1 aliphatic heterocycles. The van der Waals surface area contributed by atoms with Gasteiger partial charge < -0.3 is 10.5 Å². The van der Waals surface area contributed by atoms with E-state index in [2.05, 4.69) is 0 Å². The second-order valence-electron chi connectivity index (χ2n) is 4.05. The number of rotatable bonds is 3. The van der Waals surface area contributed by atoms with Crippen molar-refractivity contribution in [2.24, 2.45) is 5.73 Å². The van der Waals surface area contributed by atoms with Gasteiger partial charge >= 0.3 is 0 Å². The number of nitrogens with two attached hydrogens (primary N) is 1. The van der Waals surface area contributed by atoms with E-state index in [1.54, 1.807) is 12.1 Å². The van der Waals surface area contributed by atoms with E-state index in [1.165, 1.54) is 16.4 Å². The third-order valence-electron chi connectivity index (χ3n) is 2.82. The Kier molecular flexibility index (Phi) is 4.24. The van der Waals surface area contributed by atoms with Gasteiger partial charge in [0.2, 0.25) is 10.0 Å². The molecule has 0 saturated carbocycles. The molecule has 2 rings (SSSR count). The molecule has 0 bridgehead atoms.